The smallest absolute Gasteiger partial charge is 0.223 e. The van der Waals surface area contributed by atoms with Gasteiger partial charge < -0.3 is 9.80 Å². The Bertz CT molecular complexity index is 708. The molecule has 1 heterocycles. The van der Waals surface area contributed by atoms with Crippen molar-refractivity contribution >= 4 is 11.6 Å². The average Bonchev–Trinajstić information content (AvgIpc) is 2.66. The molecule has 3 rings (SSSR count). The van der Waals surface area contributed by atoms with Crippen LogP contribution in [0.15, 0.2) is 54.6 Å². The number of para-hydroxylation sites is 1. The molecule has 26 heavy (non-hydrogen) atoms. The Morgan fingerprint density at radius 2 is 1.50 bits per heavy atom. The van der Waals surface area contributed by atoms with E-state index in [9.17, 15) is 4.79 Å². The third-order valence-corrected chi connectivity index (χ3v) is 5.20. The van der Waals surface area contributed by atoms with Crippen LogP contribution in [0.5, 0.6) is 0 Å². The number of hydrogen-bond acceptors (Lipinski definition) is 2. The number of rotatable bonds is 4. The van der Waals surface area contributed by atoms with Crippen molar-refractivity contribution in [3.8, 4) is 0 Å². The molecule has 0 bridgehead atoms. The molecule has 1 amide bonds. The van der Waals surface area contributed by atoms with Gasteiger partial charge >= 0.3 is 0 Å². The zero-order valence-corrected chi connectivity index (χ0v) is 16.2. The topological polar surface area (TPSA) is 23.6 Å². The number of anilines is 1. The molecule has 0 atom stereocenters. The van der Waals surface area contributed by atoms with E-state index in [0.717, 1.165) is 32.6 Å². The van der Waals surface area contributed by atoms with Gasteiger partial charge in [0.15, 0.2) is 0 Å². The van der Waals surface area contributed by atoms with Crippen molar-refractivity contribution in [1.82, 2.24) is 4.90 Å². The Balaban J connectivity index is 1.47. The summed E-state index contributed by atoms with van der Waals surface area (Å²) in [7, 11) is 0. The average molecular weight is 351 g/mol. The van der Waals surface area contributed by atoms with Gasteiger partial charge in [0, 0.05) is 38.3 Å². The third-order valence-electron chi connectivity index (χ3n) is 5.20. The lowest BCUT2D eigenvalue weighted by Crippen LogP contribution is -2.48. The molecule has 1 aliphatic heterocycles. The standard InChI is InChI=1S/C23H30N2O/c1-23(2,3)20-12-9-19(10-13-20)11-14-22(26)25-17-15-24(16-18-25)21-7-5-4-6-8-21/h4-10,12-13H,11,14-18H2,1-3H3. The van der Waals surface area contributed by atoms with Crippen molar-refractivity contribution in [2.45, 2.75) is 39.0 Å². The molecule has 1 fully saturated rings. The SMILES string of the molecule is CC(C)(C)c1ccc(CCC(=O)N2CCN(c3ccccc3)CC2)cc1. The summed E-state index contributed by atoms with van der Waals surface area (Å²) in [5.41, 5.74) is 4.00. The maximum atomic E-state index is 12.5. The molecule has 0 N–H and O–H groups in total. The molecule has 0 spiro atoms. The van der Waals surface area contributed by atoms with Crippen LogP contribution in [-0.4, -0.2) is 37.0 Å². The van der Waals surface area contributed by atoms with Gasteiger partial charge in [0.1, 0.15) is 0 Å². The number of carbonyl (C=O) groups excluding carboxylic acids is 1. The number of nitrogens with zero attached hydrogens (tertiary/aromatic N) is 2. The minimum Gasteiger partial charge on any atom is -0.368 e. The summed E-state index contributed by atoms with van der Waals surface area (Å²) in [6.07, 6.45) is 1.42. The van der Waals surface area contributed by atoms with Gasteiger partial charge in [0.25, 0.3) is 0 Å². The van der Waals surface area contributed by atoms with E-state index in [-0.39, 0.29) is 11.3 Å². The van der Waals surface area contributed by atoms with Crippen molar-refractivity contribution in [2.75, 3.05) is 31.1 Å². The quantitative estimate of drug-likeness (QED) is 0.822. The summed E-state index contributed by atoms with van der Waals surface area (Å²) in [6.45, 7) is 10.1. The van der Waals surface area contributed by atoms with Crippen LogP contribution in [0, 0.1) is 0 Å². The highest BCUT2D eigenvalue weighted by Gasteiger charge is 2.21. The van der Waals surface area contributed by atoms with E-state index in [1.54, 1.807) is 0 Å². The van der Waals surface area contributed by atoms with E-state index >= 15 is 0 Å². The van der Waals surface area contributed by atoms with Crippen molar-refractivity contribution in [2.24, 2.45) is 0 Å². The maximum absolute atomic E-state index is 12.5. The maximum Gasteiger partial charge on any atom is 0.223 e. The lowest BCUT2D eigenvalue weighted by Gasteiger charge is -2.36. The molecule has 1 aliphatic rings. The van der Waals surface area contributed by atoms with Crippen LogP contribution in [0.4, 0.5) is 5.69 Å². The summed E-state index contributed by atoms with van der Waals surface area (Å²) >= 11 is 0. The highest BCUT2D eigenvalue weighted by Crippen LogP contribution is 2.22. The van der Waals surface area contributed by atoms with Gasteiger partial charge in [0.05, 0.1) is 0 Å². The summed E-state index contributed by atoms with van der Waals surface area (Å²) in [5, 5.41) is 0. The van der Waals surface area contributed by atoms with Crippen molar-refractivity contribution < 1.29 is 4.79 Å². The molecule has 138 valence electrons. The van der Waals surface area contributed by atoms with E-state index in [4.69, 9.17) is 0 Å². The van der Waals surface area contributed by atoms with E-state index in [2.05, 4.69) is 74.2 Å². The van der Waals surface area contributed by atoms with Gasteiger partial charge in [-0.25, -0.2) is 0 Å². The van der Waals surface area contributed by atoms with Gasteiger partial charge in [0.2, 0.25) is 5.91 Å². The van der Waals surface area contributed by atoms with E-state index in [0.29, 0.717) is 6.42 Å². The Labute approximate surface area is 157 Å². The Hall–Kier alpha value is -2.29. The largest absolute Gasteiger partial charge is 0.368 e. The van der Waals surface area contributed by atoms with Crippen LogP contribution in [0.2, 0.25) is 0 Å². The Morgan fingerprint density at radius 3 is 2.08 bits per heavy atom. The lowest BCUT2D eigenvalue weighted by molar-refractivity contribution is -0.131. The fourth-order valence-electron chi connectivity index (χ4n) is 3.43. The van der Waals surface area contributed by atoms with Gasteiger partial charge in [-0.1, -0.05) is 63.2 Å². The van der Waals surface area contributed by atoms with Crippen molar-refractivity contribution in [3.05, 3.63) is 65.7 Å². The van der Waals surface area contributed by atoms with E-state index in [1.807, 2.05) is 11.0 Å². The lowest BCUT2D eigenvalue weighted by atomic mass is 9.86. The zero-order chi connectivity index (χ0) is 18.6. The number of benzene rings is 2. The van der Waals surface area contributed by atoms with Gasteiger partial charge in [-0.2, -0.15) is 0 Å². The first-order valence-electron chi connectivity index (χ1n) is 9.61. The molecule has 0 aliphatic carbocycles. The van der Waals surface area contributed by atoms with E-state index in [1.165, 1.54) is 16.8 Å². The number of carbonyl (C=O) groups is 1. The first kappa shape index (κ1) is 18.5. The number of piperazine rings is 1. The molecule has 0 saturated carbocycles. The molecule has 2 aromatic rings. The zero-order valence-electron chi connectivity index (χ0n) is 16.2. The van der Waals surface area contributed by atoms with Crippen LogP contribution < -0.4 is 4.90 Å². The van der Waals surface area contributed by atoms with Crippen LogP contribution in [0.1, 0.15) is 38.3 Å². The van der Waals surface area contributed by atoms with Gasteiger partial charge in [-0.3, -0.25) is 4.79 Å². The van der Waals surface area contributed by atoms with Crippen LogP contribution in [0.25, 0.3) is 0 Å². The molecular weight excluding hydrogens is 320 g/mol. The predicted molar refractivity (Wildman–Crippen MR) is 109 cm³/mol. The normalized spacial score (nSPS) is 15.2. The molecule has 0 unspecified atom stereocenters. The first-order valence-corrected chi connectivity index (χ1v) is 9.61. The summed E-state index contributed by atoms with van der Waals surface area (Å²) in [4.78, 5) is 16.9. The van der Waals surface area contributed by atoms with E-state index < -0.39 is 0 Å². The molecule has 3 heteroatoms. The summed E-state index contributed by atoms with van der Waals surface area (Å²) in [5.74, 6) is 0.276. The second-order valence-electron chi connectivity index (χ2n) is 8.15. The van der Waals surface area contributed by atoms with Crippen molar-refractivity contribution in [1.29, 1.82) is 0 Å². The number of hydrogen-bond donors (Lipinski definition) is 0. The first-order chi connectivity index (χ1) is 12.4. The van der Waals surface area contributed by atoms with Crippen LogP contribution >= 0.6 is 0 Å². The molecule has 1 saturated heterocycles. The number of amides is 1. The minimum atomic E-state index is 0.173. The third kappa shape index (κ3) is 4.66. The highest BCUT2D eigenvalue weighted by atomic mass is 16.2. The Kier molecular flexibility index (Phi) is 5.65. The van der Waals surface area contributed by atoms with Crippen molar-refractivity contribution in [3.63, 3.8) is 0 Å². The highest BCUT2D eigenvalue weighted by molar-refractivity contribution is 5.76. The Morgan fingerprint density at radius 1 is 0.885 bits per heavy atom. The molecular formula is C23H30N2O. The fourth-order valence-corrected chi connectivity index (χ4v) is 3.43. The molecule has 2 aromatic carbocycles. The molecule has 0 aromatic heterocycles. The second kappa shape index (κ2) is 7.94. The molecule has 3 nitrogen and oxygen atoms in total. The predicted octanol–water partition coefficient (Wildman–Crippen LogP) is 4.27. The number of aryl methyl sites for hydroxylation is 1. The fraction of sp³-hybridized carbons (Fsp3) is 0.435. The monoisotopic (exact) mass is 350 g/mol. The summed E-state index contributed by atoms with van der Waals surface area (Å²) in [6, 6.07) is 19.2. The van der Waals surface area contributed by atoms with Gasteiger partial charge in [-0.05, 0) is 35.1 Å². The van der Waals surface area contributed by atoms with Gasteiger partial charge in [-0.15, -0.1) is 0 Å². The minimum absolute atomic E-state index is 0.173. The molecule has 0 radical (unpaired) electrons. The second-order valence-corrected chi connectivity index (χ2v) is 8.15. The van der Waals surface area contributed by atoms with Crippen LogP contribution in [-0.2, 0) is 16.6 Å². The summed E-state index contributed by atoms with van der Waals surface area (Å²) < 4.78 is 0. The van der Waals surface area contributed by atoms with Crippen LogP contribution in [0.3, 0.4) is 0 Å².